The third-order valence-corrected chi connectivity index (χ3v) is 4.39. The molecule has 1 aliphatic heterocycles. The molecule has 0 unspecified atom stereocenters. The summed E-state index contributed by atoms with van der Waals surface area (Å²) in [6, 6.07) is 1.70. The van der Waals surface area contributed by atoms with Crippen LogP contribution in [0.4, 0.5) is 5.95 Å². The van der Waals surface area contributed by atoms with Crippen LogP contribution in [0.5, 0.6) is 0 Å². The highest BCUT2D eigenvalue weighted by molar-refractivity contribution is 5.90. The first-order chi connectivity index (χ1) is 13.1. The molecule has 4 heterocycles. The number of aromatic nitrogens is 6. The number of rotatable bonds is 6. The predicted molar refractivity (Wildman–Crippen MR) is 94.8 cm³/mol. The van der Waals surface area contributed by atoms with Gasteiger partial charge in [-0.15, -0.1) is 5.10 Å². The first-order valence-corrected chi connectivity index (χ1v) is 8.25. The van der Waals surface area contributed by atoms with E-state index in [1.165, 1.54) is 7.11 Å². The average molecular weight is 367 g/mol. The van der Waals surface area contributed by atoms with Gasteiger partial charge in [-0.2, -0.15) is 14.6 Å². The van der Waals surface area contributed by atoms with Gasteiger partial charge in [0.1, 0.15) is 6.61 Å². The van der Waals surface area contributed by atoms with Crippen molar-refractivity contribution in [3.8, 4) is 11.4 Å². The zero-order valence-electron chi connectivity index (χ0n) is 14.6. The van der Waals surface area contributed by atoms with Crippen LogP contribution in [0.15, 0.2) is 24.7 Å². The standard InChI is InChI=1S/C16H17N9O2/c1-17-8-16(9-18-10-16)24-6-11(5-20-24)14-19-4-3-12-21-15(23-25(12)14)22-13(26)7-27-2/h3-6,18H,7-10H2,2H3,(H,22,23,26). The Morgan fingerprint density at radius 3 is 3.07 bits per heavy atom. The molecule has 0 bridgehead atoms. The van der Waals surface area contributed by atoms with Gasteiger partial charge in [0.25, 0.3) is 5.91 Å². The Balaban J connectivity index is 1.67. The molecular formula is C16H17N9O2. The van der Waals surface area contributed by atoms with E-state index in [-0.39, 0.29) is 24.0 Å². The summed E-state index contributed by atoms with van der Waals surface area (Å²) in [7, 11) is 1.44. The van der Waals surface area contributed by atoms with Crippen LogP contribution in [-0.4, -0.2) is 68.6 Å². The van der Waals surface area contributed by atoms with Crippen molar-refractivity contribution >= 4 is 17.5 Å². The van der Waals surface area contributed by atoms with Crippen LogP contribution in [0.3, 0.4) is 0 Å². The second-order valence-electron chi connectivity index (χ2n) is 6.27. The van der Waals surface area contributed by atoms with Gasteiger partial charge in [-0.3, -0.25) is 14.8 Å². The smallest absolute Gasteiger partial charge is 0.252 e. The summed E-state index contributed by atoms with van der Waals surface area (Å²) in [5.74, 6) is 0.379. The fourth-order valence-electron chi connectivity index (χ4n) is 2.96. The summed E-state index contributed by atoms with van der Waals surface area (Å²) in [6.07, 6.45) is 5.17. The molecule has 0 saturated carbocycles. The van der Waals surface area contributed by atoms with Crippen molar-refractivity contribution in [3.63, 3.8) is 0 Å². The van der Waals surface area contributed by atoms with Crippen molar-refractivity contribution < 1.29 is 9.53 Å². The minimum Gasteiger partial charge on any atom is -0.375 e. The van der Waals surface area contributed by atoms with Crippen LogP contribution in [0.1, 0.15) is 0 Å². The van der Waals surface area contributed by atoms with E-state index in [0.29, 0.717) is 31.1 Å². The minimum atomic E-state index is -0.339. The highest BCUT2D eigenvalue weighted by atomic mass is 16.5. The van der Waals surface area contributed by atoms with E-state index in [1.807, 2.05) is 10.9 Å². The number of nitrogens with one attached hydrogen (secondary N) is 2. The topological polar surface area (TPSA) is 116 Å². The van der Waals surface area contributed by atoms with E-state index in [0.717, 1.165) is 5.56 Å². The number of carbonyl (C=O) groups is 1. The lowest BCUT2D eigenvalue weighted by Crippen LogP contribution is -2.62. The summed E-state index contributed by atoms with van der Waals surface area (Å²) in [5, 5.41) is 14.5. The first-order valence-electron chi connectivity index (χ1n) is 8.25. The average Bonchev–Trinajstić information content (AvgIpc) is 3.24. The SMILES string of the molecule is [C-]#[N+]CC1(n2cc(-c3nccc4nc(NC(=O)COC)nn34)cn2)CNC1. The molecule has 11 heteroatoms. The predicted octanol–water partition coefficient (Wildman–Crippen LogP) is -0.210. The normalized spacial score (nSPS) is 15.3. The van der Waals surface area contributed by atoms with Crippen molar-refractivity contribution in [3.05, 3.63) is 36.1 Å². The molecule has 2 N–H and O–H groups in total. The number of ether oxygens (including phenoxy) is 1. The summed E-state index contributed by atoms with van der Waals surface area (Å²) in [4.78, 5) is 23.9. The Labute approximate surface area is 154 Å². The van der Waals surface area contributed by atoms with E-state index in [1.54, 1.807) is 23.0 Å². The van der Waals surface area contributed by atoms with Crippen LogP contribution < -0.4 is 10.6 Å². The van der Waals surface area contributed by atoms with Crippen molar-refractivity contribution in [2.75, 3.05) is 38.7 Å². The maximum absolute atomic E-state index is 11.7. The number of fused-ring (bicyclic) bond motifs is 1. The molecule has 1 amide bonds. The van der Waals surface area contributed by atoms with Crippen LogP contribution in [0.2, 0.25) is 0 Å². The van der Waals surface area contributed by atoms with Gasteiger partial charge >= 0.3 is 0 Å². The quantitative estimate of drug-likeness (QED) is 0.579. The molecule has 27 heavy (non-hydrogen) atoms. The van der Waals surface area contributed by atoms with Gasteiger partial charge in [-0.25, -0.2) is 11.6 Å². The summed E-state index contributed by atoms with van der Waals surface area (Å²) in [6.45, 7) is 8.87. The van der Waals surface area contributed by atoms with Gasteiger partial charge in [0.2, 0.25) is 12.5 Å². The van der Waals surface area contributed by atoms with Crippen LogP contribution in [-0.2, 0) is 15.1 Å². The van der Waals surface area contributed by atoms with E-state index in [4.69, 9.17) is 11.3 Å². The molecule has 138 valence electrons. The van der Waals surface area contributed by atoms with Crippen molar-refractivity contribution in [2.45, 2.75) is 5.54 Å². The molecule has 0 spiro atoms. The van der Waals surface area contributed by atoms with E-state index < -0.39 is 0 Å². The van der Waals surface area contributed by atoms with E-state index >= 15 is 0 Å². The lowest BCUT2D eigenvalue weighted by Gasteiger charge is -2.38. The Bertz CT molecular complexity index is 1030. The second kappa shape index (κ2) is 6.75. The molecule has 3 aromatic rings. The largest absolute Gasteiger partial charge is 0.375 e. The highest BCUT2D eigenvalue weighted by Gasteiger charge is 2.43. The van der Waals surface area contributed by atoms with E-state index in [2.05, 4.69) is 35.6 Å². The third kappa shape index (κ3) is 3.01. The number of hydrogen-bond donors (Lipinski definition) is 2. The Kier molecular flexibility index (Phi) is 4.27. The fraction of sp³-hybridized carbons (Fsp3) is 0.375. The number of nitrogens with zero attached hydrogens (tertiary/aromatic N) is 7. The number of amides is 1. The summed E-state index contributed by atoms with van der Waals surface area (Å²) < 4.78 is 8.15. The van der Waals surface area contributed by atoms with Crippen molar-refractivity contribution in [2.24, 2.45) is 0 Å². The maximum Gasteiger partial charge on any atom is 0.252 e. The van der Waals surface area contributed by atoms with Crippen LogP contribution >= 0.6 is 0 Å². The first kappa shape index (κ1) is 17.1. The minimum absolute atomic E-state index is 0.0788. The lowest BCUT2D eigenvalue weighted by atomic mass is 9.93. The van der Waals surface area contributed by atoms with Gasteiger partial charge in [0.15, 0.2) is 17.0 Å². The van der Waals surface area contributed by atoms with Crippen molar-refractivity contribution in [1.29, 1.82) is 0 Å². The molecule has 4 rings (SSSR count). The molecule has 0 aromatic carbocycles. The summed E-state index contributed by atoms with van der Waals surface area (Å²) >= 11 is 0. The molecule has 1 aliphatic rings. The third-order valence-electron chi connectivity index (χ3n) is 4.39. The molecular weight excluding hydrogens is 350 g/mol. The number of methoxy groups -OCH3 is 1. The zero-order valence-corrected chi connectivity index (χ0v) is 14.6. The maximum atomic E-state index is 11.7. The number of anilines is 1. The Hall–Kier alpha value is -3.36. The van der Waals surface area contributed by atoms with E-state index in [9.17, 15) is 4.79 Å². The molecule has 0 radical (unpaired) electrons. The molecule has 11 nitrogen and oxygen atoms in total. The molecule has 3 aromatic heterocycles. The fourth-order valence-corrected chi connectivity index (χ4v) is 2.96. The Morgan fingerprint density at radius 2 is 2.37 bits per heavy atom. The second-order valence-corrected chi connectivity index (χ2v) is 6.27. The van der Waals surface area contributed by atoms with Gasteiger partial charge in [0, 0.05) is 38.7 Å². The monoisotopic (exact) mass is 367 g/mol. The van der Waals surface area contributed by atoms with Gasteiger partial charge in [-0.05, 0) is 0 Å². The van der Waals surface area contributed by atoms with Gasteiger partial charge in [0.05, 0.1) is 11.8 Å². The molecule has 0 atom stereocenters. The summed E-state index contributed by atoms with van der Waals surface area (Å²) in [5.41, 5.74) is 0.966. The molecule has 0 aliphatic carbocycles. The van der Waals surface area contributed by atoms with Crippen LogP contribution in [0.25, 0.3) is 21.9 Å². The highest BCUT2D eigenvalue weighted by Crippen LogP contribution is 2.25. The Morgan fingerprint density at radius 1 is 1.52 bits per heavy atom. The number of hydrogen-bond acceptors (Lipinski definition) is 7. The zero-order chi connectivity index (χ0) is 18.9. The molecule has 1 saturated heterocycles. The lowest BCUT2D eigenvalue weighted by molar-refractivity contribution is -0.119. The van der Waals surface area contributed by atoms with Crippen LogP contribution in [0, 0.1) is 6.57 Å². The van der Waals surface area contributed by atoms with Gasteiger partial charge < -0.3 is 14.9 Å². The number of carbonyl (C=O) groups excluding carboxylic acids is 1. The van der Waals surface area contributed by atoms with Crippen molar-refractivity contribution in [1.82, 2.24) is 34.7 Å². The van der Waals surface area contributed by atoms with Gasteiger partial charge in [-0.1, -0.05) is 0 Å². The molecule has 1 fully saturated rings.